The Kier molecular flexibility index (Phi) is 5.03. The van der Waals surface area contributed by atoms with Crippen LogP contribution in [0.3, 0.4) is 0 Å². The lowest BCUT2D eigenvalue weighted by atomic mass is 9.66. The van der Waals surface area contributed by atoms with Crippen molar-refractivity contribution in [1.82, 2.24) is 0 Å². The maximum absolute atomic E-state index is 14.2. The predicted octanol–water partition coefficient (Wildman–Crippen LogP) is 6.72. The highest BCUT2D eigenvalue weighted by Gasteiger charge is 2.40. The Bertz CT molecular complexity index is 1110. The van der Waals surface area contributed by atoms with E-state index in [0.717, 1.165) is 23.1 Å². The zero-order valence-electron chi connectivity index (χ0n) is 16.8. The standard InChI is InChI=1S/C29H24O/c30-29-27(23-16-6-2-7-17-23)25(21-12-4-1-5-13-21)20-26(22-14-10-11-15-22)28(29)24-18-8-3-9-19-24/h1-19,22,25,27H,20H2. The first kappa shape index (κ1) is 18.6. The summed E-state index contributed by atoms with van der Waals surface area (Å²) in [5.74, 6) is 0.371. The Hall–Kier alpha value is -3.45. The summed E-state index contributed by atoms with van der Waals surface area (Å²) in [7, 11) is 0. The minimum absolute atomic E-state index is 0.131. The van der Waals surface area contributed by atoms with Crippen LogP contribution in [0, 0.1) is 5.92 Å². The first-order valence-electron chi connectivity index (χ1n) is 10.6. The van der Waals surface area contributed by atoms with Gasteiger partial charge >= 0.3 is 0 Å². The summed E-state index contributed by atoms with van der Waals surface area (Å²) in [6, 6.07) is 31.0. The molecule has 2 unspecified atom stereocenters. The van der Waals surface area contributed by atoms with Crippen LogP contribution in [0.15, 0.2) is 121 Å². The maximum Gasteiger partial charge on any atom is 0.171 e. The molecule has 0 aromatic heterocycles. The van der Waals surface area contributed by atoms with Crippen LogP contribution >= 0.6 is 0 Å². The van der Waals surface area contributed by atoms with Gasteiger partial charge in [-0.1, -0.05) is 115 Å². The molecule has 0 spiro atoms. The quantitative estimate of drug-likeness (QED) is 0.485. The lowest BCUT2D eigenvalue weighted by Crippen LogP contribution is -2.29. The van der Waals surface area contributed by atoms with Crippen LogP contribution in [0.25, 0.3) is 5.57 Å². The average Bonchev–Trinajstić information content (AvgIpc) is 3.35. The number of rotatable bonds is 4. The molecule has 2 aliphatic carbocycles. The van der Waals surface area contributed by atoms with E-state index in [4.69, 9.17) is 0 Å². The number of hydrogen-bond donors (Lipinski definition) is 0. The molecule has 0 saturated carbocycles. The van der Waals surface area contributed by atoms with Crippen LogP contribution < -0.4 is 0 Å². The number of Topliss-reactive ketones (excluding diaryl/α,β-unsaturated/α-hetero) is 1. The number of allylic oxidation sites excluding steroid dienone is 6. The maximum atomic E-state index is 14.2. The predicted molar refractivity (Wildman–Crippen MR) is 123 cm³/mol. The summed E-state index contributed by atoms with van der Waals surface area (Å²) in [4.78, 5) is 14.2. The highest BCUT2D eigenvalue weighted by Crippen LogP contribution is 2.49. The summed E-state index contributed by atoms with van der Waals surface area (Å²) >= 11 is 0. The van der Waals surface area contributed by atoms with Crippen LogP contribution in [0.1, 0.15) is 34.9 Å². The van der Waals surface area contributed by atoms with E-state index in [1.807, 2.05) is 42.5 Å². The fraction of sp³-hybridized carbons (Fsp3) is 0.138. The number of hydrogen-bond acceptors (Lipinski definition) is 1. The Balaban J connectivity index is 1.72. The van der Waals surface area contributed by atoms with E-state index in [0.29, 0.717) is 0 Å². The van der Waals surface area contributed by atoms with Crippen molar-refractivity contribution in [3.8, 4) is 0 Å². The smallest absolute Gasteiger partial charge is 0.171 e. The molecule has 0 aliphatic heterocycles. The van der Waals surface area contributed by atoms with Gasteiger partial charge in [0.05, 0.1) is 5.92 Å². The van der Waals surface area contributed by atoms with Gasteiger partial charge in [-0.3, -0.25) is 4.79 Å². The van der Waals surface area contributed by atoms with Crippen molar-refractivity contribution in [2.75, 3.05) is 0 Å². The van der Waals surface area contributed by atoms with Gasteiger partial charge in [0, 0.05) is 17.4 Å². The van der Waals surface area contributed by atoms with E-state index < -0.39 is 0 Å². The number of benzene rings is 3. The molecule has 2 aliphatic rings. The minimum atomic E-state index is -0.179. The zero-order chi connectivity index (χ0) is 20.3. The second-order valence-corrected chi connectivity index (χ2v) is 8.04. The first-order valence-corrected chi connectivity index (χ1v) is 10.6. The molecule has 0 fully saturated rings. The number of carbonyl (C=O) groups is 1. The molecule has 3 aromatic rings. The molecule has 0 bridgehead atoms. The number of carbonyl (C=O) groups excluding carboxylic acids is 1. The SMILES string of the molecule is O=C1C(c2ccccc2)=C(C2C=CC=C2)CC(c2ccccc2)C1c1ccccc1. The Morgan fingerprint density at radius 1 is 0.633 bits per heavy atom. The van der Waals surface area contributed by atoms with Gasteiger partial charge in [0.25, 0.3) is 0 Å². The topological polar surface area (TPSA) is 17.1 Å². The molecule has 30 heavy (non-hydrogen) atoms. The monoisotopic (exact) mass is 388 g/mol. The van der Waals surface area contributed by atoms with Crippen LogP contribution in [0.5, 0.6) is 0 Å². The van der Waals surface area contributed by atoms with Gasteiger partial charge in [-0.25, -0.2) is 0 Å². The molecule has 0 N–H and O–H groups in total. The Morgan fingerprint density at radius 3 is 1.77 bits per heavy atom. The van der Waals surface area contributed by atoms with Crippen molar-refractivity contribution in [2.24, 2.45) is 5.92 Å². The molecular weight excluding hydrogens is 364 g/mol. The largest absolute Gasteiger partial charge is 0.293 e. The zero-order valence-corrected chi connectivity index (χ0v) is 16.8. The molecule has 3 aromatic carbocycles. The fourth-order valence-corrected chi connectivity index (χ4v) is 4.91. The van der Waals surface area contributed by atoms with E-state index in [2.05, 4.69) is 72.8 Å². The van der Waals surface area contributed by atoms with Crippen LogP contribution in [-0.2, 0) is 4.79 Å². The molecule has 0 heterocycles. The second kappa shape index (κ2) is 8.12. The highest BCUT2D eigenvalue weighted by atomic mass is 16.1. The molecule has 1 nitrogen and oxygen atoms in total. The van der Waals surface area contributed by atoms with Crippen LogP contribution in [0.2, 0.25) is 0 Å². The molecule has 0 saturated heterocycles. The molecule has 1 heteroatoms. The van der Waals surface area contributed by atoms with Crippen LogP contribution in [-0.4, -0.2) is 5.78 Å². The van der Waals surface area contributed by atoms with Crippen molar-refractivity contribution in [2.45, 2.75) is 18.3 Å². The third kappa shape index (κ3) is 3.37. The summed E-state index contributed by atoms with van der Waals surface area (Å²) in [6.45, 7) is 0. The average molecular weight is 389 g/mol. The van der Waals surface area contributed by atoms with Gasteiger partial charge in [-0.2, -0.15) is 0 Å². The van der Waals surface area contributed by atoms with Crippen molar-refractivity contribution < 1.29 is 4.79 Å². The minimum Gasteiger partial charge on any atom is -0.293 e. The Morgan fingerprint density at radius 2 is 1.17 bits per heavy atom. The van der Waals surface area contributed by atoms with Gasteiger partial charge in [0.15, 0.2) is 5.78 Å². The van der Waals surface area contributed by atoms with E-state index in [9.17, 15) is 4.79 Å². The van der Waals surface area contributed by atoms with E-state index in [-0.39, 0.29) is 23.5 Å². The molecular formula is C29H24O. The van der Waals surface area contributed by atoms with E-state index in [1.54, 1.807) is 0 Å². The van der Waals surface area contributed by atoms with Crippen molar-refractivity contribution in [1.29, 1.82) is 0 Å². The van der Waals surface area contributed by atoms with Crippen molar-refractivity contribution in [3.05, 3.63) is 138 Å². The normalized spacial score (nSPS) is 21.4. The van der Waals surface area contributed by atoms with Gasteiger partial charge in [-0.05, 0) is 28.7 Å². The molecule has 0 amide bonds. The van der Waals surface area contributed by atoms with Gasteiger partial charge in [-0.15, -0.1) is 0 Å². The second-order valence-electron chi connectivity index (χ2n) is 8.04. The number of ketones is 1. The lowest BCUT2D eigenvalue weighted by molar-refractivity contribution is -0.116. The van der Waals surface area contributed by atoms with Gasteiger partial charge in [0.1, 0.15) is 0 Å². The first-order chi connectivity index (χ1) is 14.8. The summed E-state index contributed by atoms with van der Waals surface area (Å²) < 4.78 is 0. The molecule has 2 atom stereocenters. The summed E-state index contributed by atoms with van der Waals surface area (Å²) in [6.07, 6.45) is 9.46. The Labute approximate surface area is 178 Å². The van der Waals surface area contributed by atoms with E-state index >= 15 is 0 Å². The van der Waals surface area contributed by atoms with Crippen molar-refractivity contribution in [3.63, 3.8) is 0 Å². The van der Waals surface area contributed by atoms with E-state index in [1.165, 1.54) is 11.1 Å². The summed E-state index contributed by atoms with van der Waals surface area (Å²) in [5, 5.41) is 0. The van der Waals surface area contributed by atoms with Crippen LogP contribution in [0.4, 0.5) is 0 Å². The highest BCUT2D eigenvalue weighted by molar-refractivity contribution is 6.25. The van der Waals surface area contributed by atoms with Gasteiger partial charge < -0.3 is 0 Å². The van der Waals surface area contributed by atoms with Gasteiger partial charge in [0.2, 0.25) is 0 Å². The van der Waals surface area contributed by atoms with Crippen molar-refractivity contribution >= 4 is 11.4 Å². The molecule has 5 rings (SSSR count). The fourth-order valence-electron chi connectivity index (χ4n) is 4.91. The molecule has 146 valence electrons. The molecule has 0 radical (unpaired) electrons. The lowest BCUT2D eigenvalue weighted by Gasteiger charge is -2.36. The third-order valence-corrected chi connectivity index (χ3v) is 6.29. The summed E-state index contributed by atoms with van der Waals surface area (Å²) in [5.41, 5.74) is 5.49. The third-order valence-electron chi connectivity index (χ3n) is 6.29.